The highest BCUT2D eigenvalue weighted by atomic mass is 32.1. The van der Waals surface area contributed by atoms with Crippen molar-refractivity contribution in [3.8, 4) is 0 Å². The molecule has 1 aliphatic carbocycles. The normalized spacial score (nSPS) is 21.3. The Bertz CT molecular complexity index is 1520. The summed E-state index contributed by atoms with van der Waals surface area (Å²) in [7, 11) is 1.18. The quantitative estimate of drug-likeness (QED) is 0.255. The lowest BCUT2D eigenvalue weighted by Gasteiger charge is -2.37. The molecule has 0 bridgehead atoms. The van der Waals surface area contributed by atoms with E-state index in [9.17, 15) is 40.3 Å². The molecule has 2 fully saturated rings. The number of rotatable bonds is 7. The highest BCUT2D eigenvalue weighted by molar-refractivity contribution is 7.14. The van der Waals surface area contributed by atoms with Gasteiger partial charge in [-0.15, -0.1) is 11.3 Å². The highest BCUT2D eigenvalue weighted by Gasteiger charge is 2.50. The minimum absolute atomic E-state index is 0.0404. The van der Waals surface area contributed by atoms with E-state index in [1.54, 1.807) is 17.5 Å². The number of aromatic nitrogens is 1. The van der Waals surface area contributed by atoms with E-state index in [-0.39, 0.29) is 34.5 Å². The van der Waals surface area contributed by atoms with E-state index < -0.39 is 47.4 Å². The molecule has 7 nitrogen and oxygen atoms in total. The van der Waals surface area contributed by atoms with Gasteiger partial charge in [0.2, 0.25) is 5.91 Å². The van der Waals surface area contributed by atoms with Crippen LogP contribution in [0, 0.1) is 5.82 Å². The van der Waals surface area contributed by atoms with Crippen molar-refractivity contribution in [1.82, 2.24) is 15.2 Å². The Morgan fingerprint density at radius 2 is 1.63 bits per heavy atom. The van der Waals surface area contributed by atoms with Crippen molar-refractivity contribution >= 4 is 28.5 Å². The maximum Gasteiger partial charge on any atom is 0.416 e. The predicted octanol–water partition coefficient (Wildman–Crippen LogP) is 7.48. The Hall–Kier alpha value is -3.72. The molecule has 2 N–H and O–H groups in total. The van der Waals surface area contributed by atoms with Gasteiger partial charge in [0.05, 0.1) is 29.3 Å². The zero-order valence-electron chi connectivity index (χ0n) is 24.6. The van der Waals surface area contributed by atoms with Gasteiger partial charge in [-0.3, -0.25) is 10.1 Å². The number of methoxy groups -OCH3 is 1. The van der Waals surface area contributed by atoms with Crippen LogP contribution in [0.25, 0.3) is 0 Å². The van der Waals surface area contributed by atoms with Crippen LogP contribution in [0.2, 0.25) is 0 Å². The Kier molecular flexibility index (Phi) is 9.64. The maximum atomic E-state index is 13.9. The second-order valence-corrected chi connectivity index (χ2v) is 12.4. The molecular formula is C31H31F7N4O3S. The first kappa shape index (κ1) is 33.6. The highest BCUT2D eigenvalue weighted by Crippen LogP contribution is 2.45. The Morgan fingerprint density at radius 3 is 2.22 bits per heavy atom. The number of anilines is 1. The fourth-order valence-electron chi connectivity index (χ4n) is 6.38. The first-order chi connectivity index (χ1) is 21.7. The first-order valence-electron chi connectivity index (χ1n) is 14.5. The molecule has 2 amide bonds. The fraction of sp³-hybridized carbons (Fsp3) is 0.452. The second-order valence-electron chi connectivity index (χ2n) is 11.6. The van der Waals surface area contributed by atoms with Crippen LogP contribution in [0.15, 0.2) is 47.8 Å². The van der Waals surface area contributed by atoms with E-state index in [1.807, 2.05) is 0 Å². The Balaban J connectivity index is 1.36. The molecule has 2 heterocycles. The van der Waals surface area contributed by atoms with Gasteiger partial charge in [-0.2, -0.15) is 26.3 Å². The van der Waals surface area contributed by atoms with Crippen LogP contribution in [-0.2, 0) is 33.8 Å². The van der Waals surface area contributed by atoms with Gasteiger partial charge >= 0.3 is 18.4 Å². The van der Waals surface area contributed by atoms with E-state index in [1.165, 1.54) is 19.2 Å². The molecule has 2 atom stereocenters. The molecule has 2 aromatic carbocycles. The monoisotopic (exact) mass is 672 g/mol. The van der Waals surface area contributed by atoms with E-state index in [2.05, 4.69) is 25.3 Å². The molecule has 248 valence electrons. The third-order valence-electron chi connectivity index (χ3n) is 8.80. The number of carbonyl (C=O) groups is 2. The standard InChI is InChI=1S/C31H31F7N4O3S/c1-45-28(44)41-27-40-25(17-46-27)29(26(43)39-16-18-12-21(30(33,34)35)14-22(13-18)31(36,37)38)9-6-24(15-29)42-10-7-20(8-11-42)19-2-4-23(32)5-3-19/h2-5,12-14,17,20,24H,6-11,15-16H2,1H3,(H,39,43)(H,40,41,44). The average molecular weight is 673 g/mol. The molecule has 1 saturated carbocycles. The van der Waals surface area contributed by atoms with Crippen LogP contribution >= 0.6 is 11.3 Å². The lowest BCUT2D eigenvalue weighted by molar-refractivity contribution is -0.143. The molecular weight excluding hydrogens is 641 g/mol. The van der Waals surface area contributed by atoms with Gasteiger partial charge in [0.25, 0.3) is 0 Å². The summed E-state index contributed by atoms with van der Waals surface area (Å²) in [5.41, 5.74) is -3.15. The van der Waals surface area contributed by atoms with Crippen molar-refractivity contribution in [2.75, 3.05) is 25.5 Å². The van der Waals surface area contributed by atoms with Crippen molar-refractivity contribution in [1.29, 1.82) is 0 Å². The van der Waals surface area contributed by atoms with Crippen molar-refractivity contribution < 1.29 is 45.1 Å². The van der Waals surface area contributed by atoms with Crippen molar-refractivity contribution in [3.05, 3.63) is 81.6 Å². The zero-order chi connectivity index (χ0) is 33.3. The molecule has 46 heavy (non-hydrogen) atoms. The number of amides is 2. The number of hydrogen-bond donors (Lipinski definition) is 2. The topological polar surface area (TPSA) is 83.6 Å². The molecule has 0 spiro atoms. The molecule has 1 aliphatic heterocycles. The van der Waals surface area contributed by atoms with Crippen LogP contribution < -0.4 is 10.6 Å². The number of piperidine rings is 1. The molecule has 15 heteroatoms. The molecule has 5 rings (SSSR count). The number of carbonyl (C=O) groups excluding carboxylic acids is 2. The largest absolute Gasteiger partial charge is 0.453 e. The molecule has 0 radical (unpaired) electrons. The molecule has 2 aliphatic rings. The first-order valence-corrected chi connectivity index (χ1v) is 15.4. The average Bonchev–Trinajstić information content (AvgIpc) is 3.68. The van der Waals surface area contributed by atoms with E-state index in [4.69, 9.17) is 0 Å². The van der Waals surface area contributed by atoms with Crippen LogP contribution in [0.1, 0.15) is 66.0 Å². The molecule has 2 unspecified atom stereocenters. The Labute approximate surface area is 264 Å². The molecule has 3 aromatic rings. The molecule has 1 aromatic heterocycles. The summed E-state index contributed by atoms with van der Waals surface area (Å²) < 4.78 is 98.5. The van der Waals surface area contributed by atoms with Crippen LogP contribution in [-0.4, -0.2) is 48.1 Å². The van der Waals surface area contributed by atoms with Gasteiger partial charge in [-0.1, -0.05) is 12.1 Å². The predicted molar refractivity (Wildman–Crippen MR) is 156 cm³/mol. The van der Waals surface area contributed by atoms with E-state index in [0.717, 1.165) is 42.8 Å². The van der Waals surface area contributed by atoms with Gasteiger partial charge in [0.1, 0.15) is 5.82 Å². The number of halogens is 7. The maximum absolute atomic E-state index is 13.9. The number of hydrogen-bond acceptors (Lipinski definition) is 6. The summed E-state index contributed by atoms with van der Waals surface area (Å²) in [6.07, 6.45) is -7.95. The van der Waals surface area contributed by atoms with Crippen LogP contribution in [0.4, 0.5) is 40.7 Å². The Morgan fingerprint density at radius 1 is 1.00 bits per heavy atom. The number of alkyl halides is 6. The summed E-state index contributed by atoms with van der Waals surface area (Å²) in [6.45, 7) is 0.876. The summed E-state index contributed by atoms with van der Waals surface area (Å²) in [4.78, 5) is 32.4. The minimum atomic E-state index is -5.02. The SMILES string of the molecule is COC(=O)Nc1nc(C2(C(=O)NCc3cc(C(F)(F)F)cc(C(F)(F)F)c3)CCC(N3CCC(c4ccc(F)cc4)CC3)C2)cs1. The second kappa shape index (κ2) is 13.2. The summed E-state index contributed by atoms with van der Waals surface area (Å²) in [5.74, 6) is -0.634. The van der Waals surface area contributed by atoms with Crippen LogP contribution in [0.3, 0.4) is 0 Å². The number of benzene rings is 2. The summed E-state index contributed by atoms with van der Waals surface area (Å²) in [6, 6.07) is 7.61. The summed E-state index contributed by atoms with van der Waals surface area (Å²) >= 11 is 1.06. The lowest BCUT2D eigenvalue weighted by Crippen LogP contribution is -2.45. The smallest absolute Gasteiger partial charge is 0.416 e. The van der Waals surface area contributed by atoms with Gasteiger partial charge < -0.3 is 15.0 Å². The number of thiazole rings is 1. The van der Waals surface area contributed by atoms with E-state index >= 15 is 0 Å². The van der Waals surface area contributed by atoms with Gasteiger partial charge in [-0.25, -0.2) is 14.2 Å². The minimum Gasteiger partial charge on any atom is -0.453 e. The number of nitrogens with one attached hydrogen (secondary N) is 2. The van der Waals surface area contributed by atoms with Gasteiger partial charge in [0.15, 0.2) is 5.13 Å². The number of ether oxygens (including phenoxy) is 1. The number of likely N-dealkylation sites (tertiary alicyclic amines) is 1. The van der Waals surface area contributed by atoms with Crippen molar-refractivity contribution in [2.45, 2.75) is 68.4 Å². The van der Waals surface area contributed by atoms with Crippen molar-refractivity contribution in [3.63, 3.8) is 0 Å². The van der Waals surface area contributed by atoms with E-state index in [0.29, 0.717) is 37.1 Å². The summed E-state index contributed by atoms with van der Waals surface area (Å²) in [5, 5.41) is 6.82. The molecule has 1 saturated heterocycles. The van der Waals surface area contributed by atoms with Crippen LogP contribution in [0.5, 0.6) is 0 Å². The van der Waals surface area contributed by atoms with Gasteiger partial charge in [-0.05, 0) is 92.6 Å². The lowest BCUT2D eigenvalue weighted by atomic mass is 9.81. The third-order valence-corrected chi connectivity index (χ3v) is 9.56. The number of nitrogens with zero attached hydrogens (tertiary/aromatic N) is 2. The third kappa shape index (κ3) is 7.46. The van der Waals surface area contributed by atoms with Crippen molar-refractivity contribution in [2.24, 2.45) is 0 Å². The fourth-order valence-corrected chi connectivity index (χ4v) is 7.18. The zero-order valence-corrected chi connectivity index (χ0v) is 25.4. The van der Waals surface area contributed by atoms with Gasteiger partial charge in [0, 0.05) is 18.0 Å².